The first-order valence-electron chi connectivity index (χ1n) is 10.1. The lowest BCUT2D eigenvalue weighted by atomic mass is 9.87. The minimum Gasteiger partial charge on any atom is -0.506 e. The van der Waals surface area contributed by atoms with E-state index in [-0.39, 0.29) is 22.6 Å². The molecule has 0 unspecified atom stereocenters. The highest BCUT2D eigenvalue weighted by atomic mass is 16.3. The van der Waals surface area contributed by atoms with Crippen LogP contribution in [0, 0.1) is 0 Å². The Kier molecular flexibility index (Phi) is 5.33. The Bertz CT molecular complexity index is 1220. The molecule has 0 aliphatic rings. The number of fused-ring (bicyclic) bond motifs is 1. The number of H-pyrrole nitrogens is 1. The van der Waals surface area contributed by atoms with Gasteiger partial charge in [0.2, 0.25) is 0 Å². The summed E-state index contributed by atoms with van der Waals surface area (Å²) in [5.74, 6) is -0.0336. The number of hydrogen-bond acceptors (Lipinski definition) is 5. The molecule has 0 saturated heterocycles. The fourth-order valence-corrected chi connectivity index (χ4v) is 3.37. The van der Waals surface area contributed by atoms with Gasteiger partial charge < -0.3 is 20.7 Å². The van der Waals surface area contributed by atoms with Gasteiger partial charge in [0.15, 0.2) is 0 Å². The molecule has 1 aromatic carbocycles. The maximum Gasteiger partial charge on any atom is 0.259 e. The maximum atomic E-state index is 12.9. The number of rotatable bonds is 5. The third-order valence-electron chi connectivity index (χ3n) is 5.12. The topological polar surface area (TPSA) is 103 Å². The van der Waals surface area contributed by atoms with Crippen LogP contribution in [-0.2, 0) is 12.0 Å². The van der Waals surface area contributed by atoms with Gasteiger partial charge in [-0.2, -0.15) is 0 Å². The Morgan fingerprint density at radius 1 is 1.10 bits per heavy atom. The van der Waals surface area contributed by atoms with Crippen LogP contribution in [0.4, 0.5) is 11.5 Å². The zero-order valence-electron chi connectivity index (χ0n) is 17.7. The van der Waals surface area contributed by atoms with Crippen LogP contribution in [-0.4, -0.2) is 26.0 Å². The van der Waals surface area contributed by atoms with Crippen LogP contribution in [0.1, 0.15) is 42.3 Å². The van der Waals surface area contributed by atoms with E-state index >= 15 is 0 Å². The van der Waals surface area contributed by atoms with Crippen LogP contribution in [0.15, 0.2) is 61.1 Å². The summed E-state index contributed by atoms with van der Waals surface area (Å²) in [5.41, 5.74) is 3.97. The van der Waals surface area contributed by atoms with Gasteiger partial charge in [-0.05, 0) is 46.9 Å². The van der Waals surface area contributed by atoms with Crippen LogP contribution < -0.4 is 10.6 Å². The lowest BCUT2D eigenvalue weighted by Gasteiger charge is -2.19. The molecule has 158 valence electrons. The molecular weight excluding hydrogens is 390 g/mol. The number of nitrogens with zero attached hydrogens (tertiary/aromatic N) is 2. The van der Waals surface area contributed by atoms with Crippen molar-refractivity contribution in [1.29, 1.82) is 0 Å². The summed E-state index contributed by atoms with van der Waals surface area (Å²) in [6.07, 6.45) is 4.88. The van der Waals surface area contributed by atoms with Gasteiger partial charge in [-0.25, -0.2) is 9.97 Å². The standard InChI is InChI=1S/C24H25N5O2/c1-24(2,3)16-4-6-17(7-5-16)29-23(31)20-12-18(30)14-28-22(20)27-13-15-8-10-25-21-19(15)9-11-26-21/h4-12,14,30H,13H2,1-3H3,(H,25,26)(H,27,28)(H,29,31). The third-order valence-corrected chi connectivity index (χ3v) is 5.12. The number of aromatic hydroxyl groups is 1. The number of pyridine rings is 2. The van der Waals surface area contributed by atoms with Gasteiger partial charge >= 0.3 is 0 Å². The zero-order valence-corrected chi connectivity index (χ0v) is 17.7. The number of benzene rings is 1. The van der Waals surface area contributed by atoms with E-state index in [9.17, 15) is 9.90 Å². The molecule has 0 saturated carbocycles. The third kappa shape index (κ3) is 4.50. The molecule has 7 heteroatoms. The van der Waals surface area contributed by atoms with Crippen LogP contribution in [0.5, 0.6) is 5.75 Å². The second-order valence-corrected chi connectivity index (χ2v) is 8.43. The van der Waals surface area contributed by atoms with E-state index in [1.165, 1.54) is 17.8 Å². The molecule has 0 aliphatic carbocycles. The van der Waals surface area contributed by atoms with Crippen molar-refractivity contribution in [3.8, 4) is 5.75 Å². The normalized spacial score (nSPS) is 11.5. The first-order valence-corrected chi connectivity index (χ1v) is 10.1. The molecule has 0 atom stereocenters. The molecular formula is C24H25N5O2. The monoisotopic (exact) mass is 415 g/mol. The Labute approximate surface area is 180 Å². The predicted molar refractivity (Wildman–Crippen MR) is 122 cm³/mol. The average Bonchev–Trinajstić information content (AvgIpc) is 3.22. The molecule has 4 N–H and O–H groups in total. The van der Waals surface area contributed by atoms with Crippen molar-refractivity contribution >= 4 is 28.4 Å². The van der Waals surface area contributed by atoms with Gasteiger partial charge in [0.1, 0.15) is 17.2 Å². The number of carbonyl (C=O) groups is 1. The van der Waals surface area contributed by atoms with Crippen LogP contribution in [0.2, 0.25) is 0 Å². The first-order chi connectivity index (χ1) is 14.8. The minimum absolute atomic E-state index is 0.0343. The van der Waals surface area contributed by atoms with Gasteiger partial charge in [0.05, 0.1) is 11.8 Å². The summed E-state index contributed by atoms with van der Waals surface area (Å²) in [4.78, 5) is 24.5. The van der Waals surface area contributed by atoms with Crippen molar-refractivity contribution in [3.63, 3.8) is 0 Å². The second-order valence-electron chi connectivity index (χ2n) is 8.43. The van der Waals surface area contributed by atoms with Gasteiger partial charge in [0.25, 0.3) is 5.91 Å². The van der Waals surface area contributed by atoms with Crippen LogP contribution in [0.25, 0.3) is 11.0 Å². The molecule has 0 aliphatic heterocycles. The van der Waals surface area contributed by atoms with E-state index < -0.39 is 0 Å². The van der Waals surface area contributed by atoms with Crippen LogP contribution in [0.3, 0.4) is 0 Å². The number of amides is 1. The first kappa shape index (κ1) is 20.4. The number of hydrogen-bond donors (Lipinski definition) is 4. The number of anilines is 2. The Balaban J connectivity index is 1.53. The van der Waals surface area contributed by atoms with Gasteiger partial charge in [-0.1, -0.05) is 32.9 Å². The molecule has 7 nitrogen and oxygen atoms in total. The lowest BCUT2D eigenvalue weighted by molar-refractivity contribution is 0.102. The maximum absolute atomic E-state index is 12.9. The summed E-state index contributed by atoms with van der Waals surface area (Å²) in [6.45, 7) is 6.87. The molecule has 3 aromatic heterocycles. The Morgan fingerprint density at radius 3 is 2.61 bits per heavy atom. The van der Waals surface area contributed by atoms with Gasteiger partial charge in [0, 0.05) is 30.0 Å². The number of carbonyl (C=O) groups excluding carboxylic acids is 1. The highest BCUT2D eigenvalue weighted by Gasteiger charge is 2.16. The summed E-state index contributed by atoms with van der Waals surface area (Å²) in [6, 6.07) is 13.0. The van der Waals surface area contributed by atoms with Crippen molar-refractivity contribution in [3.05, 3.63) is 77.7 Å². The fourth-order valence-electron chi connectivity index (χ4n) is 3.37. The summed E-state index contributed by atoms with van der Waals surface area (Å²) >= 11 is 0. The molecule has 3 heterocycles. The van der Waals surface area contributed by atoms with E-state index in [2.05, 4.69) is 46.4 Å². The largest absolute Gasteiger partial charge is 0.506 e. The molecule has 4 rings (SSSR count). The van der Waals surface area contributed by atoms with E-state index in [0.29, 0.717) is 18.1 Å². The summed E-state index contributed by atoms with van der Waals surface area (Å²) in [7, 11) is 0. The van der Waals surface area contributed by atoms with E-state index in [4.69, 9.17) is 0 Å². The SMILES string of the molecule is CC(C)(C)c1ccc(NC(=O)c2cc(O)cnc2NCc2ccnc3[nH]ccc23)cc1. The fraction of sp³-hybridized carbons (Fsp3) is 0.208. The molecule has 1 amide bonds. The molecule has 0 fully saturated rings. The van der Waals surface area contributed by atoms with Crippen molar-refractivity contribution in [2.45, 2.75) is 32.7 Å². The molecule has 31 heavy (non-hydrogen) atoms. The number of aromatic nitrogens is 3. The minimum atomic E-state index is -0.351. The van der Waals surface area contributed by atoms with Crippen molar-refractivity contribution < 1.29 is 9.90 Å². The molecule has 4 aromatic rings. The predicted octanol–water partition coefficient (Wildman–Crippen LogP) is 4.83. The highest BCUT2D eigenvalue weighted by Crippen LogP contribution is 2.25. The highest BCUT2D eigenvalue weighted by molar-refractivity contribution is 6.07. The van der Waals surface area contributed by atoms with Gasteiger partial charge in [-0.15, -0.1) is 0 Å². The van der Waals surface area contributed by atoms with E-state index in [1.807, 2.05) is 42.6 Å². The number of nitrogens with one attached hydrogen (secondary N) is 3. The van der Waals surface area contributed by atoms with Crippen molar-refractivity contribution in [2.24, 2.45) is 0 Å². The molecule has 0 spiro atoms. The number of aromatic amines is 1. The van der Waals surface area contributed by atoms with Gasteiger partial charge in [-0.3, -0.25) is 4.79 Å². The second kappa shape index (κ2) is 8.10. The average molecular weight is 415 g/mol. The summed E-state index contributed by atoms with van der Waals surface area (Å²) in [5, 5.41) is 17.0. The van der Waals surface area contributed by atoms with E-state index in [1.54, 1.807) is 6.20 Å². The van der Waals surface area contributed by atoms with Crippen LogP contribution >= 0.6 is 0 Å². The zero-order chi connectivity index (χ0) is 22.0. The Morgan fingerprint density at radius 2 is 1.87 bits per heavy atom. The molecule has 0 bridgehead atoms. The lowest BCUT2D eigenvalue weighted by Crippen LogP contribution is -2.16. The summed E-state index contributed by atoms with van der Waals surface area (Å²) < 4.78 is 0. The van der Waals surface area contributed by atoms with Crippen molar-refractivity contribution in [1.82, 2.24) is 15.0 Å². The Hall–Kier alpha value is -3.87. The van der Waals surface area contributed by atoms with E-state index in [0.717, 1.165) is 16.6 Å². The smallest absolute Gasteiger partial charge is 0.259 e. The van der Waals surface area contributed by atoms with Crippen molar-refractivity contribution in [2.75, 3.05) is 10.6 Å². The quantitative estimate of drug-likeness (QED) is 0.374. The molecule has 0 radical (unpaired) electrons.